The highest BCUT2D eigenvalue weighted by atomic mass is 16.5. The lowest BCUT2D eigenvalue weighted by Gasteiger charge is -2.36. The van der Waals surface area contributed by atoms with Crippen LogP contribution in [0.4, 0.5) is 6.01 Å². The molecule has 2 heterocycles. The molecule has 3 atom stereocenters. The molecule has 0 spiro atoms. The van der Waals surface area contributed by atoms with Gasteiger partial charge in [-0.2, -0.15) is 4.98 Å². The Hall–Kier alpha value is -3.35. The highest BCUT2D eigenvalue weighted by Gasteiger charge is 2.39. The van der Waals surface area contributed by atoms with Gasteiger partial charge in [-0.3, -0.25) is 10.1 Å². The molecule has 0 bridgehead atoms. The SMILES string of the molecule is C=C/C=C(/OC)C(=C)C1N=C(Nc2nc3ccccc3o2)NC(CC)C1C(C)=O.[HH].[HH]. The summed E-state index contributed by atoms with van der Waals surface area (Å²) in [5.41, 5.74) is 2.04. The van der Waals surface area contributed by atoms with Gasteiger partial charge in [0.15, 0.2) is 11.5 Å². The summed E-state index contributed by atoms with van der Waals surface area (Å²) in [7, 11) is 1.56. The molecule has 0 saturated heterocycles. The van der Waals surface area contributed by atoms with Gasteiger partial charge in [-0.25, -0.2) is 4.99 Å². The van der Waals surface area contributed by atoms with E-state index in [1.807, 2.05) is 31.2 Å². The van der Waals surface area contributed by atoms with Crippen LogP contribution in [0.25, 0.3) is 11.1 Å². The molecule has 1 aromatic carbocycles. The number of carbonyl (C=O) groups is 1. The molecule has 7 heteroatoms. The molecule has 0 radical (unpaired) electrons. The number of oxazole rings is 1. The number of benzene rings is 1. The zero-order valence-corrected chi connectivity index (χ0v) is 16.9. The average Bonchev–Trinajstić information content (AvgIpc) is 3.12. The van der Waals surface area contributed by atoms with Gasteiger partial charge in [-0.15, -0.1) is 0 Å². The molecule has 29 heavy (non-hydrogen) atoms. The second-order valence-electron chi connectivity index (χ2n) is 6.83. The van der Waals surface area contributed by atoms with Crippen LogP contribution in [0.2, 0.25) is 0 Å². The Morgan fingerprint density at radius 1 is 1.45 bits per heavy atom. The monoisotopic (exact) mass is 398 g/mol. The Labute approximate surface area is 173 Å². The van der Waals surface area contributed by atoms with Crippen LogP contribution in [-0.2, 0) is 9.53 Å². The number of carbonyl (C=O) groups excluding carboxylic acids is 1. The second kappa shape index (κ2) is 8.77. The van der Waals surface area contributed by atoms with Crippen LogP contribution < -0.4 is 10.6 Å². The molecule has 7 nitrogen and oxygen atoms in total. The van der Waals surface area contributed by atoms with E-state index >= 15 is 0 Å². The van der Waals surface area contributed by atoms with E-state index < -0.39 is 6.04 Å². The molecule has 0 amide bonds. The van der Waals surface area contributed by atoms with E-state index in [9.17, 15) is 4.79 Å². The van der Waals surface area contributed by atoms with Gasteiger partial charge < -0.3 is 14.5 Å². The highest BCUT2D eigenvalue weighted by molar-refractivity contribution is 5.95. The standard InChI is InChI=1S/C22H26N4O3.2H2/c1-6-10-17(28-5)13(3)20-19(14(4)27)15(7-2)23-21(25-20)26-22-24-16-11-8-9-12-18(16)29-22;;/h6,8-12,15,19-20H,1,3,7H2,2,4-5H3,(H2,23,24,25,26);2*1H/b17-10+;;. The van der Waals surface area contributed by atoms with E-state index in [4.69, 9.17) is 14.1 Å². The van der Waals surface area contributed by atoms with Crippen LogP contribution in [0.5, 0.6) is 0 Å². The number of hydrogen-bond acceptors (Lipinski definition) is 7. The van der Waals surface area contributed by atoms with Crippen molar-refractivity contribution in [2.24, 2.45) is 10.9 Å². The van der Waals surface area contributed by atoms with E-state index in [-0.39, 0.29) is 20.6 Å². The molecule has 0 aliphatic carbocycles. The van der Waals surface area contributed by atoms with E-state index in [1.54, 1.807) is 26.2 Å². The Balaban J connectivity index is 0.00000240. The molecular formula is C22H30N4O3. The largest absolute Gasteiger partial charge is 0.496 e. The number of rotatable bonds is 7. The summed E-state index contributed by atoms with van der Waals surface area (Å²) in [4.78, 5) is 21.6. The fourth-order valence-electron chi connectivity index (χ4n) is 3.55. The van der Waals surface area contributed by atoms with E-state index in [0.29, 0.717) is 28.9 Å². The number of hydrogen-bond donors (Lipinski definition) is 2. The maximum atomic E-state index is 12.5. The Kier molecular flexibility index (Phi) is 6.16. The van der Waals surface area contributed by atoms with Crippen molar-refractivity contribution in [1.82, 2.24) is 10.3 Å². The fraction of sp³-hybridized carbons (Fsp3) is 0.318. The Morgan fingerprint density at radius 3 is 2.83 bits per heavy atom. The van der Waals surface area contributed by atoms with Crippen LogP contribution in [0.15, 0.2) is 70.3 Å². The van der Waals surface area contributed by atoms with Gasteiger partial charge >= 0.3 is 6.01 Å². The third-order valence-corrected chi connectivity index (χ3v) is 4.96. The van der Waals surface area contributed by atoms with Gasteiger partial charge in [0.25, 0.3) is 0 Å². The minimum Gasteiger partial charge on any atom is -0.496 e. The molecule has 0 saturated carbocycles. The number of ketones is 1. The van der Waals surface area contributed by atoms with Crippen LogP contribution >= 0.6 is 0 Å². The molecule has 1 aromatic heterocycles. The van der Waals surface area contributed by atoms with Gasteiger partial charge in [-0.05, 0) is 31.6 Å². The van der Waals surface area contributed by atoms with E-state index in [1.165, 1.54) is 0 Å². The maximum Gasteiger partial charge on any atom is 0.302 e. The number of nitrogens with one attached hydrogen (secondary N) is 2. The zero-order chi connectivity index (χ0) is 21.0. The summed E-state index contributed by atoms with van der Waals surface area (Å²) in [6.07, 6.45) is 4.06. The highest BCUT2D eigenvalue weighted by Crippen LogP contribution is 2.30. The molecule has 3 unspecified atom stereocenters. The third-order valence-electron chi connectivity index (χ3n) is 4.96. The summed E-state index contributed by atoms with van der Waals surface area (Å²) >= 11 is 0. The van der Waals surface area contributed by atoms with Gasteiger partial charge in [0.2, 0.25) is 0 Å². The summed E-state index contributed by atoms with van der Waals surface area (Å²) < 4.78 is 11.2. The fourth-order valence-corrected chi connectivity index (χ4v) is 3.55. The van der Waals surface area contributed by atoms with Crippen molar-refractivity contribution in [2.75, 3.05) is 12.4 Å². The van der Waals surface area contributed by atoms with Crippen LogP contribution in [0.1, 0.15) is 23.1 Å². The minimum atomic E-state index is -0.489. The van der Waals surface area contributed by atoms with Crippen molar-refractivity contribution >= 4 is 28.9 Å². The van der Waals surface area contributed by atoms with Crippen molar-refractivity contribution in [3.8, 4) is 0 Å². The number of nitrogens with zero attached hydrogens (tertiary/aromatic N) is 2. The summed E-state index contributed by atoms with van der Waals surface area (Å²) in [6.45, 7) is 11.5. The lowest BCUT2D eigenvalue weighted by Crippen LogP contribution is -2.54. The molecule has 1 aliphatic heterocycles. The number of Topliss-reactive ketones (excluding diaryl/α,β-unsaturated/α-hetero) is 1. The first-order valence-electron chi connectivity index (χ1n) is 9.51. The van der Waals surface area contributed by atoms with Crippen LogP contribution in [-0.4, -0.2) is 35.9 Å². The number of aliphatic imine (C=N–C) groups is 1. The van der Waals surface area contributed by atoms with Gasteiger partial charge in [-0.1, -0.05) is 38.3 Å². The van der Waals surface area contributed by atoms with Crippen molar-refractivity contribution in [3.63, 3.8) is 0 Å². The first-order chi connectivity index (χ1) is 14.0. The number of allylic oxidation sites excluding steroid dienone is 2. The quantitative estimate of drug-likeness (QED) is 0.533. The molecule has 0 fully saturated rings. The lowest BCUT2D eigenvalue weighted by atomic mass is 9.82. The Bertz CT molecular complexity index is 967. The third kappa shape index (κ3) is 4.23. The molecule has 2 aromatic rings. The number of guanidine groups is 1. The zero-order valence-electron chi connectivity index (χ0n) is 16.9. The summed E-state index contributed by atoms with van der Waals surface area (Å²) in [5, 5.41) is 6.39. The number of para-hydroxylation sites is 2. The first kappa shape index (κ1) is 20.4. The number of methoxy groups -OCH3 is 1. The van der Waals surface area contributed by atoms with E-state index in [2.05, 4.69) is 28.8 Å². The Morgan fingerprint density at radius 2 is 2.21 bits per heavy atom. The van der Waals surface area contributed by atoms with Crippen molar-refractivity contribution in [3.05, 3.63) is 60.9 Å². The average molecular weight is 399 g/mol. The molecule has 2 N–H and O–H groups in total. The number of ether oxygens (including phenoxy) is 1. The van der Waals surface area contributed by atoms with Gasteiger partial charge in [0.05, 0.1) is 19.1 Å². The van der Waals surface area contributed by atoms with Crippen molar-refractivity contribution < 1.29 is 16.8 Å². The van der Waals surface area contributed by atoms with Crippen LogP contribution in [0.3, 0.4) is 0 Å². The normalized spacial score (nSPS) is 21.8. The topological polar surface area (TPSA) is 88.8 Å². The summed E-state index contributed by atoms with van der Waals surface area (Å²) in [5.74, 6) is 0.679. The molecule has 3 rings (SSSR count). The minimum absolute atomic E-state index is 0. The summed E-state index contributed by atoms with van der Waals surface area (Å²) in [6, 6.07) is 7.21. The number of fused-ring (bicyclic) bond motifs is 1. The smallest absolute Gasteiger partial charge is 0.302 e. The predicted octanol–water partition coefficient (Wildman–Crippen LogP) is 4.32. The van der Waals surface area contributed by atoms with Gasteiger partial charge in [0, 0.05) is 14.5 Å². The van der Waals surface area contributed by atoms with Gasteiger partial charge in [0.1, 0.15) is 17.1 Å². The van der Waals surface area contributed by atoms with Crippen molar-refractivity contribution in [2.45, 2.75) is 32.4 Å². The number of aromatic nitrogens is 1. The van der Waals surface area contributed by atoms with E-state index in [0.717, 1.165) is 11.9 Å². The number of anilines is 1. The second-order valence-corrected chi connectivity index (χ2v) is 6.83. The lowest BCUT2D eigenvalue weighted by molar-refractivity contribution is -0.122. The molecule has 1 aliphatic rings. The molecular weight excluding hydrogens is 368 g/mol. The van der Waals surface area contributed by atoms with Crippen molar-refractivity contribution in [1.29, 1.82) is 0 Å². The maximum absolute atomic E-state index is 12.5. The molecule has 156 valence electrons. The predicted molar refractivity (Wildman–Crippen MR) is 119 cm³/mol. The first-order valence-corrected chi connectivity index (χ1v) is 9.51. The van der Waals surface area contributed by atoms with Crippen LogP contribution in [0, 0.1) is 5.92 Å².